The van der Waals surface area contributed by atoms with Crippen LogP contribution in [0.3, 0.4) is 0 Å². The SMILES string of the molecule is CCOc1cc(/C=C(/C#N)C(=O)Nc2ccccc2)cc(I)c1OCc1ccc(Cl)cc1Cl. The summed E-state index contributed by atoms with van der Waals surface area (Å²) in [4.78, 5) is 12.5. The third-order valence-corrected chi connectivity index (χ3v) is 5.81. The summed E-state index contributed by atoms with van der Waals surface area (Å²) in [6.07, 6.45) is 1.52. The molecule has 8 heteroatoms. The molecule has 5 nitrogen and oxygen atoms in total. The zero-order valence-electron chi connectivity index (χ0n) is 17.6. The first-order valence-electron chi connectivity index (χ1n) is 9.92. The van der Waals surface area contributed by atoms with Crippen molar-refractivity contribution >= 4 is 63.5 Å². The van der Waals surface area contributed by atoms with Crippen molar-refractivity contribution in [3.05, 3.63) is 91.0 Å². The molecule has 0 unspecified atom stereocenters. The van der Waals surface area contributed by atoms with Crippen LogP contribution in [-0.2, 0) is 11.4 Å². The van der Waals surface area contributed by atoms with E-state index in [9.17, 15) is 10.1 Å². The molecule has 0 spiro atoms. The van der Waals surface area contributed by atoms with Crippen LogP contribution in [0, 0.1) is 14.9 Å². The van der Waals surface area contributed by atoms with Crippen LogP contribution in [0.4, 0.5) is 5.69 Å². The fraction of sp³-hybridized carbons (Fsp3) is 0.120. The molecule has 3 aromatic carbocycles. The lowest BCUT2D eigenvalue weighted by Gasteiger charge is -2.15. The van der Waals surface area contributed by atoms with Crippen molar-refractivity contribution in [1.29, 1.82) is 5.26 Å². The van der Waals surface area contributed by atoms with Crippen LogP contribution in [0.15, 0.2) is 66.2 Å². The van der Waals surface area contributed by atoms with Crippen LogP contribution in [0.25, 0.3) is 6.08 Å². The van der Waals surface area contributed by atoms with Gasteiger partial charge in [0.05, 0.1) is 10.2 Å². The second-order valence-electron chi connectivity index (χ2n) is 6.78. The normalized spacial score (nSPS) is 10.9. The molecule has 0 heterocycles. The maximum Gasteiger partial charge on any atom is 0.266 e. The van der Waals surface area contributed by atoms with Gasteiger partial charge in [-0.3, -0.25) is 4.79 Å². The Kier molecular flexibility index (Phi) is 9.01. The number of rotatable bonds is 8. The highest BCUT2D eigenvalue weighted by atomic mass is 127. The lowest BCUT2D eigenvalue weighted by Crippen LogP contribution is -2.13. The van der Waals surface area contributed by atoms with Crippen molar-refractivity contribution in [3.63, 3.8) is 0 Å². The number of hydrogen-bond acceptors (Lipinski definition) is 4. The zero-order valence-corrected chi connectivity index (χ0v) is 21.2. The molecule has 0 fully saturated rings. The smallest absolute Gasteiger partial charge is 0.266 e. The summed E-state index contributed by atoms with van der Waals surface area (Å²) in [5, 5.41) is 13.3. The predicted molar refractivity (Wildman–Crippen MR) is 140 cm³/mol. The van der Waals surface area contributed by atoms with Crippen LogP contribution in [0.2, 0.25) is 10.0 Å². The summed E-state index contributed by atoms with van der Waals surface area (Å²) in [7, 11) is 0. The first kappa shape index (κ1) is 24.9. The Morgan fingerprint density at radius 1 is 1.12 bits per heavy atom. The number of nitrogens with one attached hydrogen (secondary N) is 1. The van der Waals surface area contributed by atoms with Gasteiger partial charge in [-0.25, -0.2) is 0 Å². The third-order valence-electron chi connectivity index (χ3n) is 4.43. The Bertz CT molecular complexity index is 1220. The molecular formula is C25H19Cl2IN2O3. The second kappa shape index (κ2) is 11.9. The van der Waals surface area contributed by atoms with E-state index in [1.54, 1.807) is 48.5 Å². The molecule has 168 valence electrons. The van der Waals surface area contributed by atoms with Crippen molar-refractivity contribution in [2.45, 2.75) is 13.5 Å². The average Bonchev–Trinajstić information content (AvgIpc) is 2.79. The summed E-state index contributed by atoms with van der Waals surface area (Å²) in [5.41, 5.74) is 2.00. The number of carbonyl (C=O) groups is 1. The van der Waals surface area contributed by atoms with Gasteiger partial charge >= 0.3 is 0 Å². The fourth-order valence-corrected chi connectivity index (χ4v) is 4.14. The van der Waals surface area contributed by atoms with E-state index in [1.807, 2.05) is 25.1 Å². The molecule has 0 aromatic heterocycles. The first-order chi connectivity index (χ1) is 15.9. The number of nitrogens with zero attached hydrogens (tertiary/aromatic N) is 1. The van der Waals surface area contributed by atoms with Crippen molar-refractivity contribution in [2.24, 2.45) is 0 Å². The second-order valence-corrected chi connectivity index (χ2v) is 8.78. The van der Waals surface area contributed by atoms with E-state index in [0.717, 1.165) is 9.13 Å². The van der Waals surface area contributed by atoms with Crippen LogP contribution in [0.5, 0.6) is 11.5 Å². The van der Waals surface area contributed by atoms with E-state index in [1.165, 1.54) is 6.08 Å². The highest BCUT2D eigenvalue weighted by Gasteiger charge is 2.15. The zero-order chi connectivity index (χ0) is 23.8. The largest absolute Gasteiger partial charge is 0.490 e. The minimum absolute atomic E-state index is 0.0290. The lowest BCUT2D eigenvalue weighted by molar-refractivity contribution is -0.112. The maximum absolute atomic E-state index is 12.5. The number of benzene rings is 3. The van der Waals surface area contributed by atoms with Gasteiger partial charge in [0.25, 0.3) is 5.91 Å². The van der Waals surface area contributed by atoms with E-state index in [-0.39, 0.29) is 12.2 Å². The number of amides is 1. The molecule has 33 heavy (non-hydrogen) atoms. The number of nitriles is 1. The van der Waals surface area contributed by atoms with E-state index in [4.69, 9.17) is 32.7 Å². The van der Waals surface area contributed by atoms with Gasteiger partial charge in [-0.2, -0.15) is 5.26 Å². The molecule has 0 bridgehead atoms. The topological polar surface area (TPSA) is 71.3 Å². The molecule has 0 saturated carbocycles. The molecule has 0 radical (unpaired) electrons. The summed E-state index contributed by atoms with van der Waals surface area (Å²) in [6, 6.07) is 19.7. The van der Waals surface area contributed by atoms with Gasteiger partial charge in [-0.1, -0.05) is 47.5 Å². The fourth-order valence-electron chi connectivity index (χ4n) is 2.90. The Labute approximate surface area is 216 Å². The summed E-state index contributed by atoms with van der Waals surface area (Å²) < 4.78 is 12.5. The summed E-state index contributed by atoms with van der Waals surface area (Å²) >= 11 is 14.3. The Hall–Kier alpha value is -2.73. The molecule has 1 amide bonds. The predicted octanol–water partition coefficient (Wildman–Crippen LogP) is 7.12. The summed E-state index contributed by atoms with van der Waals surface area (Å²) in [6.45, 7) is 2.51. The van der Waals surface area contributed by atoms with Crippen LogP contribution < -0.4 is 14.8 Å². The minimum atomic E-state index is -0.491. The molecule has 0 aliphatic carbocycles. The lowest BCUT2D eigenvalue weighted by atomic mass is 10.1. The third kappa shape index (κ3) is 6.87. The monoisotopic (exact) mass is 592 g/mol. The number of anilines is 1. The molecule has 3 rings (SSSR count). The van der Waals surface area contributed by atoms with E-state index in [2.05, 4.69) is 27.9 Å². The van der Waals surface area contributed by atoms with Crippen LogP contribution >= 0.6 is 45.8 Å². The van der Waals surface area contributed by atoms with Crippen molar-refractivity contribution in [3.8, 4) is 17.6 Å². The number of para-hydroxylation sites is 1. The van der Waals surface area contributed by atoms with Crippen molar-refractivity contribution in [1.82, 2.24) is 0 Å². The first-order valence-corrected chi connectivity index (χ1v) is 11.8. The molecule has 0 aliphatic heterocycles. The Balaban J connectivity index is 1.85. The molecule has 3 aromatic rings. The molecule has 0 saturated heterocycles. The summed E-state index contributed by atoms with van der Waals surface area (Å²) in [5.74, 6) is 0.559. The molecular weight excluding hydrogens is 574 g/mol. The van der Waals surface area contributed by atoms with Crippen molar-refractivity contribution in [2.75, 3.05) is 11.9 Å². The van der Waals surface area contributed by atoms with Gasteiger partial charge in [0.2, 0.25) is 0 Å². The number of carbonyl (C=O) groups excluding carboxylic acids is 1. The molecule has 0 aliphatic rings. The highest BCUT2D eigenvalue weighted by Crippen LogP contribution is 2.36. The van der Waals surface area contributed by atoms with E-state index < -0.39 is 5.91 Å². The van der Waals surface area contributed by atoms with Gasteiger partial charge in [0.1, 0.15) is 18.2 Å². The van der Waals surface area contributed by atoms with Gasteiger partial charge in [0, 0.05) is 21.3 Å². The number of halogens is 3. The Morgan fingerprint density at radius 3 is 2.55 bits per heavy atom. The van der Waals surface area contributed by atoms with E-state index in [0.29, 0.717) is 39.4 Å². The van der Waals surface area contributed by atoms with Crippen molar-refractivity contribution < 1.29 is 14.3 Å². The standard InChI is InChI=1S/C25H19Cl2IN2O3/c1-2-32-23-12-16(10-18(14-29)25(31)30-20-6-4-3-5-7-20)11-22(28)24(23)33-15-17-8-9-19(26)13-21(17)27/h3-13H,2,15H2,1H3,(H,30,31)/b18-10-. The van der Waals surface area contributed by atoms with Crippen LogP contribution in [-0.4, -0.2) is 12.5 Å². The van der Waals surface area contributed by atoms with E-state index >= 15 is 0 Å². The molecule has 1 N–H and O–H groups in total. The Morgan fingerprint density at radius 2 is 1.88 bits per heavy atom. The number of ether oxygens (including phenoxy) is 2. The van der Waals surface area contributed by atoms with Crippen LogP contribution in [0.1, 0.15) is 18.1 Å². The maximum atomic E-state index is 12.5. The van der Waals surface area contributed by atoms with Gasteiger partial charge in [0.15, 0.2) is 11.5 Å². The average molecular weight is 593 g/mol. The van der Waals surface area contributed by atoms with Gasteiger partial charge in [-0.15, -0.1) is 0 Å². The minimum Gasteiger partial charge on any atom is -0.490 e. The van der Waals surface area contributed by atoms with Gasteiger partial charge < -0.3 is 14.8 Å². The molecule has 0 atom stereocenters. The number of hydrogen-bond donors (Lipinski definition) is 1. The van der Waals surface area contributed by atoms with Gasteiger partial charge in [-0.05, 0) is 77.6 Å². The highest BCUT2D eigenvalue weighted by molar-refractivity contribution is 14.1. The quantitative estimate of drug-likeness (QED) is 0.172.